The van der Waals surface area contributed by atoms with E-state index in [9.17, 15) is 4.79 Å². The number of carbonyl (C=O) groups is 1. The second kappa shape index (κ2) is 8.69. The van der Waals surface area contributed by atoms with Crippen molar-refractivity contribution in [1.82, 2.24) is 0 Å². The number of esters is 1. The number of unbranched alkanes of at least 4 members (excludes halogenated alkanes) is 2. The van der Waals surface area contributed by atoms with Gasteiger partial charge in [-0.15, -0.1) is 0 Å². The maximum Gasteiger partial charge on any atom is 0.306 e. The maximum atomic E-state index is 11.8. The predicted molar refractivity (Wildman–Crippen MR) is 86.8 cm³/mol. The van der Waals surface area contributed by atoms with Gasteiger partial charge in [-0.05, 0) is 50.9 Å². The van der Waals surface area contributed by atoms with Crippen molar-refractivity contribution in [3.63, 3.8) is 0 Å². The van der Waals surface area contributed by atoms with Gasteiger partial charge in [0.05, 0.1) is 0 Å². The van der Waals surface area contributed by atoms with Crippen LogP contribution in [0, 0.1) is 11.3 Å². The van der Waals surface area contributed by atoms with Crippen molar-refractivity contribution in [2.45, 2.75) is 99.0 Å². The molecular weight excluding hydrogens is 248 g/mol. The number of hydrogen-bond acceptors (Lipinski definition) is 2. The van der Waals surface area contributed by atoms with Crippen LogP contribution in [0.4, 0.5) is 0 Å². The minimum atomic E-state index is -0.313. The largest absolute Gasteiger partial charge is 0.460 e. The highest BCUT2D eigenvalue weighted by Gasteiger charge is 2.22. The molecule has 0 N–H and O–H groups in total. The second-order valence-corrected chi connectivity index (χ2v) is 8.29. The first-order valence-corrected chi connectivity index (χ1v) is 8.24. The molecule has 0 rings (SSSR count). The molecule has 0 amide bonds. The highest BCUT2D eigenvalue weighted by molar-refractivity contribution is 5.69. The normalized spacial score (nSPS) is 12.8. The van der Waals surface area contributed by atoms with Crippen LogP contribution in [-0.4, -0.2) is 11.6 Å². The Morgan fingerprint density at radius 3 is 2.05 bits per heavy atom. The molecule has 0 saturated carbocycles. The Labute approximate surface area is 126 Å². The van der Waals surface area contributed by atoms with Gasteiger partial charge in [-0.1, -0.05) is 47.5 Å². The fraction of sp³-hybridized carbons (Fsp3) is 0.944. The quantitative estimate of drug-likeness (QED) is 0.398. The lowest BCUT2D eigenvalue weighted by molar-refractivity contribution is -0.157. The van der Waals surface area contributed by atoms with E-state index in [0.29, 0.717) is 17.8 Å². The average Bonchev–Trinajstić information content (AvgIpc) is 2.24. The Morgan fingerprint density at radius 1 is 0.950 bits per heavy atom. The van der Waals surface area contributed by atoms with Crippen LogP contribution in [0.15, 0.2) is 0 Å². The monoisotopic (exact) mass is 284 g/mol. The second-order valence-electron chi connectivity index (χ2n) is 8.29. The molecule has 0 aromatic rings. The van der Waals surface area contributed by atoms with Crippen LogP contribution in [0.25, 0.3) is 0 Å². The fourth-order valence-electron chi connectivity index (χ4n) is 2.15. The highest BCUT2D eigenvalue weighted by Crippen LogP contribution is 2.23. The lowest BCUT2D eigenvalue weighted by Gasteiger charge is -2.26. The molecule has 0 aliphatic heterocycles. The van der Waals surface area contributed by atoms with E-state index in [-0.39, 0.29) is 11.6 Å². The molecule has 2 nitrogen and oxygen atoms in total. The third-order valence-corrected chi connectivity index (χ3v) is 3.52. The van der Waals surface area contributed by atoms with Gasteiger partial charge >= 0.3 is 5.97 Å². The molecule has 0 aromatic carbocycles. The van der Waals surface area contributed by atoms with Crippen LogP contribution in [0.3, 0.4) is 0 Å². The average molecular weight is 284 g/mol. The minimum Gasteiger partial charge on any atom is -0.460 e. The summed E-state index contributed by atoms with van der Waals surface area (Å²) in [5, 5.41) is 0. The van der Waals surface area contributed by atoms with E-state index in [1.165, 1.54) is 12.8 Å². The van der Waals surface area contributed by atoms with Crippen molar-refractivity contribution in [2.24, 2.45) is 11.3 Å². The molecule has 0 aliphatic carbocycles. The third kappa shape index (κ3) is 12.5. The van der Waals surface area contributed by atoms with E-state index >= 15 is 0 Å². The van der Waals surface area contributed by atoms with Gasteiger partial charge < -0.3 is 4.74 Å². The highest BCUT2D eigenvalue weighted by atomic mass is 16.6. The molecule has 0 bridgehead atoms. The maximum absolute atomic E-state index is 11.8. The van der Waals surface area contributed by atoms with Crippen molar-refractivity contribution in [3.05, 3.63) is 0 Å². The Kier molecular flexibility index (Phi) is 8.46. The van der Waals surface area contributed by atoms with Crippen LogP contribution in [-0.2, 0) is 9.53 Å². The van der Waals surface area contributed by atoms with E-state index in [0.717, 1.165) is 25.7 Å². The molecule has 0 saturated heterocycles. The van der Waals surface area contributed by atoms with Gasteiger partial charge in [-0.2, -0.15) is 0 Å². The molecule has 120 valence electrons. The minimum absolute atomic E-state index is 0.0329. The zero-order valence-corrected chi connectivity index (χ0v) is 14.8. The topological polar surface area (TPSA) is 26.3 Å². The summed E-state index contributed by atoms with van der Waals surface area (Å²) in [5.41, 5.74) is 0.0894. The smallest absolute Gasteiger partial charge is 0.306 e. The number of carbonyl (C=O) groups excluding carboxylic acids is 1. The van der Waals surface area contributed by atoms with Crippen LogP contribution in [0.5, 0.6) is 0 Å². The first kappa shape index (κ1) is 19.5. The molecule has 20 heavy (non-hydrogen) atoms. The van der Waals surface area contributed by atoms with E-state index in [2.05, 4.69) is 34.6 Å². The number of ether oxygens (including phenoxy) is 1. The summed E-state index contributed by atoms with van der Waals surface area (Å²) in [7, 11) is 0. The van der Waals surface area contributed by atoms with Gasteiger partial charge in [-0.3, -0.25) is 4.79 Å². The summed E-state index contributed by atoms with van der Waals surface area (Å²) in [5.74, 6) is 0.625. The molecular formula is C18H36O2. The molecule has 0 spiro atoms. The van der Waals surface area contributed by atoms with Crippen molar-refractivity contribution < 1.29 is 9.53 Å². The van der Waals surface area contributed by atoms with E-state index in [1.807, 2.05) is 13.8 Å². The molecule has 0 radical (unpaired) electrons. The lowest BCUT2D eigenvalue weighted by Crippen LogP contribution is -2.28. The molecule has 0 aromatic heterocycles. The zero-order chi connectivity index (χ0) is 15.8. The summed E-state index contributed by atoms with van der Waals surface area (Å²) >= 11 is 0. The van der Waals surface area contributed by atoms with Gasteiger partial charge in [-0.25, -0.2) is 0 Å². The van der Waals surface area contributed by atoms with Crippen molar-refractivity contribution in [3.8, 4) is 0 Å². The van der Waals surface area contributed by atoms with Crippen molar-refractivity contribution in [2.75, 3.05) is 0 Å². The first-order valence-electron chi connectivity index (χ1n) is 8.24. The predicted octanol–water partition coefficient (Wildman–Crippen LogP) is 5.74. The van der Waals surface area contributed by atoms with Crippen molar-refractivity contribution >= 4 is 5.97 Å². The summed E-state index contributed by atoms with van der Waals surface area (Å²) in [6.45, 7) is 15.2. The Bertz CT molecular complexity index is 272. The number of rotatable bonds is 9. The molecule has 0 atom stereocenters. The summed E-state index contributed by atoms with van der Waals surface area (Å²) in [4.78, 5) is 11.8. The van der Waals surface area contributed by atoms with E-state index in [4.69, 9.17) is 4.74 Å². The van der Waals surface area contributed by atoms with Crippen LogP contribution >= 0.6 is 0 Å². The van der Waals surface area contributed by atoms with Crippen molar-refractivity contribution in [1.29, 1.82) is 0 Å². The zero-order valence-electron chi connectivity index (χ0n) is 14.8. The van der Waals surface area contributed by atoms with Gasteiger partial charge in [0.15, 0.2) is 0 Å². The molecule has 2 heteroatoms. The SMILES string of the molecule is CC(C)CCC(C)(C)OC(=O)CCCCCC(C)(C)C. The fourth-order valence-corrected chi connectivity index (χ4v) is 2.15. The molecule has 0 fully saturated rings. The lowest BCUT2D eigenvalue weighted by atomic mass is 9.89. The Balaban J connectivity index is 3.77. The van der Waals surface area contributed by atoms with Gasteiger partial charge in [0.2, 0.25) is 0 Å². The van der Waals surface area contributed by atoms with Gasteiger partial charge in [0.1, 0.15) is 5.60 Å². The van der Waals surface area contributed by atoms with Crippen LogP contribution < -0.4 is 0 Å². The molecule has 0 heterocycles. The van der Waals surface area contributed by atoms with Gasteiger partial charge in [0.25, 0.3) is 0 Å². The van der Waals surface area contributed by atoms with Crippen LogP contribution in [0.2, 0.25) is 0 Å². The Hall–Kier alpha value is -0.530. The summed E-state index contributed by atoms with van der Waals surface area (Å²) in [6.07, 6.45) is 7.12. The summed E-state index contributed by atoms with van der Waals surface area (Å²) < 4.78 is 5.60. The summed E-state index contributed by atoms with van der Waals surface area (Å²) in [6, 6.07) is 0. The standard InChI is InChI=1S/C18H36O2/c1-15(2)12-14-18(6,7)20-16(19)11-9-8-10-13-17(3,4)5/h15H,8-14H2,1-7H3. The third-order valence-electron chi connectivity index (χ3n) is 3.52. The number of hydrogen-bond donors (Lipinski definition) is 0. The molecule has 0 unspecified atom stereocenters. The van der Waals surface area contributed by atoms with E-state index in [1.54, 1.807) is 0 Å². The first-order chi connectivity index (χ1) is 9.02. The molecule has 0 aliphatic rings. The Morgan fingerprint density at radius 2 is 1.55 bits per heavy atom. The van der Waals surface area contributed by atoms with Gasteiger partial charge in [0, 0.05) is 6.42 Å². The van der Waals surface area contributed by atoms with E-state index < -0.39 is 0 Å². The van der Waals surface area contributed by atoms with Crippen LogP contribution in [0.1, 0.15) is 93.4 Å².